The maximum Gasteiger partial charge on any atom is 0.315 e. The largest absolute Gasteiger partial charge is 0.496 e. The third kappa shape index (κ3) is 4.62. The van der Waals surface area contributed by atoms with Gasteiger partial charge in [0.15, 0.2) is 0 Å². The van der Waals surface area contributed by atoms with Gasteiger partial charge in [0.1, 0.15) is 5.75 Å². The predicted molar refractivity (Wildman–Crippen MR) is 85.2 cm³/mol. The van der Waals surface area contributed by atoms with Crippen LogP contribution in [-0.4, -0.2) is 25.6 Å². The molecule has 1 amide bonds. The zero-order chi connectivity index (χ0) is 16.8. The molecule has 0 fully saturated rings. The van der Waals surface area contributed by atoms with Gasteiger partial charge in [-0.25, -0.2) is 0 Å². The fraction of sp³-hybridized carbons (Fsp3) is 0.412. The Labute approximate surface area is 131 Å². The second kappa shape index (κ2) is 7.64. The molecule has 0 heterocycles. The van der Waals surface area contributed by atoms with Crippen molar-refractivity contribution < 1.29 is 19.1 Å². The Kier molecular flexibility index (Phi) is 6.16. The van der Waals surface area contributed by atoms with Gasteiger partial charge in [-0.3, -0.25) is 9.59 Å². The van der Waals surface area contributed by atoms with Crippen LogP contribution in [0.15, 0.2) is 30.3 Å². The van der Waals surface area contributed by atoms with Crippen molar-refractivity contribution in [1.82, 2.24) is 5.32 Å². The number of esters is 1. The molecule has 0 aliphatic rings. The molecule has 0 saturated heterocycles. The highest BCUT2D eigenvalue weighted by atomic mass is 16.5. The Morgan fingerprint density at radius 3 is 2.45 bits per heavy atom. The van der Waals surface area contributed by atoms with Gasteiger partial charge in [0.05, 0.1) is 19.1 Å². The lowest BCUT2D eigenvalue weighted by atomic mass is 9.90. The van der Waals surface area contributed by atoms with Crippen LogP contribution < -0.4 is 10.1 Å². The minimum absolute atomic E-state index is 0.225. The molecule has 0 saturated carbocycles. The Balaban J connectivity index is 3.31. The number of nitrogens with one attached hydrogen (secondary N) is 1. The van der Waals surface area contributed by atoms with Gasteiger partial charge >= 0.3 is 5.97 Å². The first-order valence-electron chi connectivity index (χ1n) is 7.13. The summed E-state index contributed by atoms with van der Waals surface area (Å²) < 4.78 is 10.4. The smallest absolute Gasteiger partial charge is 0.315 e. The third-order valence-corrected chi connectivity index (χ3v) is 3.01. The van der Waals surface area contributed by atoms with Gasteiger partial charge in [0.2, 0.25) is 5.91 Å². The zero-order valence-corrected chi connectivity index (χ0v) is 13.7. The summed E-state index contributed by atoms with van der Waals surface area (Å²) in [6, 6.07) is 7.29. The summed E-state index contributed by atoms with van der Waals surface area (Å²) in [6.45, 7) is 6.96. The molecular formula is C17H23NO4. The van der Waals surface area contributed by atoms with Gasteiger partial charge in [-0.05, 0) is 39.0 Å². The van der Waals surface area contributed by atoms with Crippen molar-refractivity contribution in [2.24, 2.45) is 5.41 Å². The highest BCUT2D eigenvalue weighted by Crippen LogP contribution is 2.29. The highest BCUT2D eigenvalue weighted by Gasteiger charge is 2.28. The van der Waals surface area contributed by atoms with Gasteiger partial charge in [0, 0.05) is 18.2 Å². The maximum atomic E-state index is 12.1. The van der Waals surface area contributed by atoms with Crippen molar-refractivity contribution in [3.63, 3.8) is 0 Å². The van der Waals surface area contributed by atoms with E-state index in [0.717, 1.165) is 0 Å². The van der Waals surface area contributed by atoms with Crippen LogP contribution in [0.5, 0.6) is 5.75 Å². The minimum Gasteiger partial charge on any atom is -0.496 e. The maximum absolute atomic E-state index is 12.1. The molecule has 5 heteroatoms. The van der Waals surface area contributed by atoms with E-state index < -0.39 is 5.41 Å². The molecule has 0 aromatic heterocycles. The lowest BCUT2D eigenvalue weighted by Crippen LogP contribution is -2.27. The second-order valence-corrected chi connectivity index (χ2v) is 5.38. The number of rotatable bonds is 6. The number of amides is 1. The first-order chi connectivity index (χ1) is 10.3. The van der Waals surface area contributed by atoms with Crippen LogP contribution in [0.3, 0.4) is 0 Å². The molecule has 22 heavy (non-hydrogen) atoms. The topological polar surface area (TPSA) is 64.6 Å². The van der Waals surface area contributed by atoms with E-state index >= 15 is 0 Å². The lowest BCUT2D eigenvalue weighted by molar-refractivity contribution is -0.150. The second-order valence-electron chi connectivity index (χ2n) is 5.38. The number of ether oxygens (including phenoxy) is 2. The van der Waals surface area contributed by atoms with Gasteiger partial charge in [-0.1, -0.05) is 12.1 Å². The summed E-state index contributed by atoms with van der Waals surface area (Å²) in [5.41, 5.74) is 0.342. The Bertz CT molecular complexity index is 576. The van der Waals surface area contributed by atoms with Crippen molar-refractivity contribution in [1.29, 1.82) is 0 Å². The van der Waals surface area contributed by atoms with Crippen LogP contribution in [-0.2, 0) is 14.3 Å². The van der Waals surface area contributed by atoms with Gasteiger partial charge < -0.3 is 14.8 Å². The van der Waals surface area contributed by atoms with E-state index in [4.69, 9.17) is 9.47 Å². The summed E-state index contributed by atoms with van der Waals surface area (Å²) in [5, 5.41) is 2.76. The first kappa shape index (κ1) is 17.8. The summed E-state index contributed by atoms with van der Waals surface area (Å²) in [6.07, 6.45) is 1.68. The minimum atomic E-state index is -0.880. The van der Waals surface area contributed by atoms with Crippen LogP contribution in [0.25, 0.3) is 5.70 Å². The average Bonchev–Trinajstić information content (AvgIpc) is 2.46. The highest BCUT2D eigenvalue weighted by molar-refractivity contribution is 5.89. The Hall–Kier alpha value is -2.30. The number of hydrogen-bond acceptors (Lipinski definition) is 4. The van der Waals surface area contributed by atoms with Crippen LogP contribution >= 0.6 is 0 Å². The van der Waals surface area contributed by atoms with E-state index in [9.17, 15) is 9.59 Å². The van der Waals surface area contributed by atoms with Crippen molar-refractivity contribution in [2.45, 2.75) is 27.7 Å². The number of methoxy groups -OCH3 is 1. The Morgan fingerprint density at radius 1 is 1.27 bits per heavy atom. The van der Waals surface area contributed by atoms with Gasteiger partial charge in [-0.15, -0.1) is 0 Å². The quantitative estimate of drug-likeness (QED) is 0.821. The van der Waals surface area contributed by atoms with Crippen LogP contribution in [0.4, 0.5) is 0 Å². The number of carbonyl (C=O) groups excluding carboxylic acids is 2. The lowest BCUT2D eigenvalue weighted by Gasteiger charge is -2.21. The van der Waals surface area contributed by atoms with E-state index in [1.807, 2.05) is 18.2 Å². The molecule has 0 spiro atoms. The van der Waals surface area contributed by atoms with Crippen molar-refractivity contribution in [3.05, 3.63) is 35.9 Å². The van der Waals surface area contributed by atoms with Crippen molar-refractivity contribution in [3.8, 4) is 5.75 Å². The van der Waals surface area contributed by atoms with E-state index in [0.29, 0.717) is 23.6 Å². The fourth-order valence-electron chi connectivity index (χ4n) is 1.97. The molecule has 0 atom stereocenters. The van der Waals surface area contributed by atoms with E-state index in [1.165, 1.54) is 6.92 Å². The molecular weight excluding hydrogens is 282 g/mol. The zero-order valence-electron chi connectivity index (χ0n) is 13.7. The predicted octanol–water partition coefficient (Wildman–Crippen LogP) is 2.76. The molecule has 120 valence electrons. The molecule has 1 rings (SSSR count). The number of carbonyl (C=O) groups is 2. The summed E-state index contributed by atoms with van der Waals surface area (Å²) >= 11 is 0. The molecule has 1 aromatic carbocycles. The van der Waals surface area contributed by atoms with E-state index in [2.05, 4.69) is 5.32 Å². The van der Waals surface area contributed by atoms with Crippen molar-refractivity contribution in [2.75, 3.05) is 13.7 Å². The molecule has 0 radical (unpaired) electrons. The molecule has 0 aliphatic carbocycles. The standard InChI is InChI=1S/C17H23NO4/c1-6-22-16(20)17(3,4)11-14(18-12(2)19)13-9-7-8-10-15(13)21-5/h7-11H,6H2,1-5H3,(H,18,19)/b14-11+. The monoisotopic (exact) mass is 305 g/mol. The normalized spacial score (nSPS) is 11.8. The van der Waals surface area contributed by atoms with E-state index in [1.54, 1.807) is 40.0 Å². The first-order valence-corrected chi connectivity index (χ1v) is 7.13. The number of benzene rings is 1. The van der Waals surface area contributed by atoms with Crippen LogP contribution in [0.1, 0.15) is 33.3 Å². The molecule has 1 N–H and O–H groups in total. The van der Waals surface area contributed by atoms with Crippen LogP contribution in [0, 0.1) is 5.41 Å². The summed E-state index contributed by atoms with van der Waals surface area (Å²) in [4.78, 5) is 23.6. The summed E-state index contributed by atoms with van der Waals surface area (Å²) in [7, 11) is 1.56. The van der Waals surface area contributed by atoms with Crippen LogP contribution in [0.2, 0.25) is 0 Å². The van der Waals surface area contributed by atoms with E-state index in [-0.39, 0.29) is 11.9 Å². The Morgan fingerprint density at radius 2 is 1.91 bits per heavy atom. The molecule has 0 bridgehead atoms. The molecule has 1 aromatic rings. The van der Waals surface area contributed by atoms with Crippen molar-refractivity contribution >= 4 is 17.6 Å². The molecule has 5 nitrogen and oxygen atoms in total. The molecule has 0 unspecified atom stereocenters. The number of hydrogen-bond donors (Lipinski definition) is 1. The fourth-order valence-corrected chi connectivity index (χ4v) is 1.97. The SMILES string of the molecule is CCOC(=O)C(C)(C)/C=C(/NC(C)=O)c1ccccc1OC. The number of para-hydroxylation sites is 1. The summed E-state index contributed by atoms with van der Waals surface area (Å²) in [5.74, 6) is 0.0340. The van der Waals surface area contributed by atoms with Gasteiger partial charge in [-0.2, -0.15) is 0 Å². The average molecular weight is 305 g/mol. The molecule has 0 aliphatic heterocycles. The third-order valence-electron chi connectivity index (χ3n) is 3.01. The van der Waals surface area contributed by atoms with Gasteiger partial charge in [0.25, 0.3) is 0 Å².